The summed E-state index contributed by atoms with van der Waals surface area (Å²) in [5.74, 6) is -0.176. The number of rotatable bonds is 8. The Kier molecular flexibility index (Phi) is 7.37. The normalized spacial score (nSPS) is 15.5. The number of carbonyl (C=O) groups excluding carboxylic acids is 2. The maximum Gasteiger partial charge on any atom is 0.348 e. The van der Waals surface area contributed by atoms with E-state index >= 15 is 0 Å². The lowest BCUT2D eigenvalue weighted by atomic mass is 10.2. The number of para-hydroxylation sites is 2. The van der Waals surface area contributed by atoms with E-state index in [9.17, 15) is 18.0 Å². The number of ether oxygens (including phenoxy) is 3. The van der Waals surface area contributed by atoms with Gasteiger partial charge >= 0.3 is 5.97 Å². The second kappa shape index (κ2) is 10.0. The van der Waals surface area contributed by atoms with Crippen molar-refractivity contribution >= 4 is 27.6 Å². The molecule has 0 spiro atoms. The van der Waals surface area contributed by atoms with Crippen molar-refractivity contribution in [3.8, 4) is 11.5 Å². The van der Waals surface area contributed by atoms with Gasteiger partial charge in [-0.3, -0.25) is 4.79 Å². The van der Waals surface area contributed by atoms with Crippen LogP contribution >= 0.6 is 0 Å². The van der Waals surface area contributed by atoms with Crippen LogP contribution in [0.1, 0.15) is 18.9 Å². The monoisotopic (exact) mass is 462 g/mol. The molecule has 1 aliphatic rings. The number of esters is 1. The van der Waals surface area contributed by atoms with E-state index < -0.39 is 22.1 Å². The summed E-state index contributed by atoms with van der Waals surface area (Å²) < 4.78 is 43.2. The van der Waals surface area contributed by atoms with Crippen LogP contribution in [0.2, 0.25) is 0 Å². The maximum atomic E-state index is 12.9. The predicted molar refractivity (Wildman–Crippen MR) is 117 cm³/mol. The lowest BCUT2D eigenvalue weighted by Crippen LogP contribution is -2.48. The smallest absolute Gasteiger partial charge is 0.348 e. The molecule has 172 valence electrons. The van der Waals surface area contributed by atoms with Gasteiger partial charge < -0.3 is 19.1 Å². The second-order valence-corrected chi connectivity index (χ2v) is 8.98. The molecule has 0 unspecified atom stereocenters. The van der Waals surface area contributed by atoms with Crippen molar-refractivity contribution in [2.24, 2.45) is 0 Å². The van der Waals surface area contributed by atoms with Crippen LogP contribution in [0.5, 0.6) is 11.5 Å². The topological polar surface area (TPSA) is 111 Å². The van der Waals surface area contributed by atoms with Crippen molar-refractivity contribution in [2.45, 2.75) is 31.3 Å². The second-order valence-electron chi connectivity index (χ2n) is 7.22. The first-order valence-electron chi connectivity index (χ1n) is 10.1. The first-order valence-corrected chi connectivity index (χ1v) is 11.6. The van der Waals surface area contributed by atoms with Crippen LogP contribution in [-0.4, -0.2) is 53.2 Å². The van der Waals surface area contributed by atoms with Crippen LogP contribution in [0, 0.1) is 6.92 Å². The van der Waals surface area contributed by atoms with Gasteiger partial charge in [0.25, 0.3) is 5.91 Å². The van der Waals surface area contributed by atoms with Gasteiger partial charge in [-0.15, -0.1) is 0 Å². The first-order chi connectivity index (χ1) is 15.3. The number of nitrogens with zero attached hydrogens (tertiary/aromatic N) is 1. The molecule has 1 N–H and O–H groups in total. The predicted octanol–water partition coefficient (Wildman–Crippen LogP) is 2.03. The molecular formula is C22H26N2O7S. The Morgan fingerprint density at radius 3 is 2.66 bits per heavy atom. The van der Waals surface area contributed by atoms with Crippen molar-refractivity contribution in [3.63, 3.8) is 0 Å². The van der Waals surface area contributed by atoms with E-state index in [2.05, 4.69) is 4.72 Å². The van der Waals surface area contributed by atoms with Gasteiger partial charge in [-0.05, 0) is 49.2 Å². The average molecular weight is 463 g/mol. The number of carbonyl (C=O) groups is 2. The van der Waals surface area contributed by atoms with Crippen LogP contribution in [0.4, 0.5) is 5.69 Å². The first kappa shape index (κ1) is 23.6. The molecule has 0 saturated heterocycles. The van der Waals surface area contributed by atoms with Crippen LogP contribution in [0.25, 0.3) is 0 Å². The van der Waals surface area contributed by atoms with Gasteiger partial charge in [0, 0.05) is 6.54 Å². The molecule has 0 bridgehead atoms. The Labute approximate surface area is 187 Å². The van der Waals surface area contributed by atoms with Gasteiger partial charge in [-0.25, -0.2) is 17.9 Å². The zero-order chi connectivity index (χ0) is 23.3. The van der Waals surface area contributed by atoms with E-state index in [1.807, 2.05) is 6.92 Å². The molecule has 0 fully saturated rings. The third-order valence-electron chi connectivity index (χ3n) is 4.89. The number of anilines is 1. The fraction of sp³-hybridized carbons (Fsp3) is 0.364. The minimum absolute atomic E-state index is 0.00879. The maximum absolute atomic E-state index is 12.9. The molecule has 0 saturated carbocycles. The minimum Gasteiger partial charge on any atom is -0.483 e. The summed E-state index contributed by atoms with van der Waals surface area (Å²) in [6.45, 7) is 3.62. The van der Waals surface area contributed by atoms with Crippen molar-refractivity contribution in [3.05, 3.63) is 48.0 Å². The summed E-state index contributed by atoms with van der Waals surface area (Å²) in [7, 11) is -2.34. The summed E-state index contributed by atoms with van der Waals surface area (Å²) in [5, 5.41) is 0. The molecular weight excluding hydrogens is 436 g/mol. The van der Waals surface area contributed by atoms with E-state index in [4.69, 9.17) is 14.2 Å². The molecule has 2 aromatic carbocycles. The summed E-state index contributed by atoms with van der Waals surface area (Å²) in [4.78, 5) is 26.5. The lowest BCUT2D eigenvalue weighted by Gasteiger charge is -2.33. The quantitative estimate of drug-likeness (QED) is 0.598. The van der Waals surface area contributed by atoms with Crippen molar-refractivity contribution in [1.29, 1.82) is 0 Å². The largest absolute Gasteiger partial charge is 0.483 e. The van der Waals surface area contributed by atoms with Gasteiger partial charge in [0.15, 0.2) is 6.61 Å². The SMILES string of the molecule is CCCNS(=O)(=O)c1ccc(OCC(=O)N2C[C@@H](C(=O)OC)Oc3ccccc32)c(C)c1. The van der Waals surface area contributed by atoms with E-state index in [0.717, 1.165) is 0 Å². The highest BCUT2D eigenvalue weighted by molar-refractivity contribution is 7.89. The molecule has 32 heavy (non-hydrogen) atoms. The third kappa shape index (κ3) is 5.20. The Morgan fingerprint density at radius 1 is 1.22 bits per heavy atom. The van der Waals surface area contributed by atoms with E-state index in [-0.39, 0.29) is 24.0 Å². The molecule has 3 rings (SSSR count). The third-order valence-corrected chi connectivity index (χ3v) is 6.35. The molecule has 2 aromatic rings. The number of sulfonamides is 1. The van der Waals surface area contributed by atoms with Crippen LogP contribution in [-0.2, 0) is 24.3 Å². The lowest BCUT2D eigenvalue weighted by molar-refractivity contribution is -0.148. The minimum atomic E-state index is -3.60. The van der Waals surface area contributed by atoms with Crippen molar-refractivity contribution in [1.82, 2.24) is 4.72 Å². The molecule has 1 aliphatic heterocycles. The number of methoxy groups -OCH3 is 1. The van der Waals surface area contributed by atoms with Crippen LogP contribution in [0.3, 0.4) is 0 Å². The molecule has 0 radical (unpaired) electrons. The van der Waals surface area contributed by atoms with Crippen molar-refractivity contribution < 1.29 is 32.2 Å². The highest BCUT2D eigenvalue weighted by Crippen LogP contribution is 2.33. The van der Waals surface area contributed by atoms with Gasteiger partial charge in [-0.2, -0.15) is 0 Å². The zero-order valence-corrected chi connectivity index (χ0v) is 19.0. The number of benzene rings is 2. The van der Waals surface area contributed by atoms with Crippen LogP contribution in [0.15, 0.2) is 47.4 Å². The molecule has 0 aromatic heterocycles. The summed E-state index contributed by atoms with van der Waals surface area (Å²) in [5.41, 5.74) is 1.11. The summed E-state index contributed by atoms with van der Waals surface area (Å²) >= 11 is 0. The molecule has 1 atom stereocenters. The summed E-state index contributed by atoms with van der Waals surface area (Å²) in [6, 6.07) is 11.3. The van der Waals surface area contributed by atoms with Gasteiger partial charge in [0.2, 0.25) is 16.1 Å². The molecule has 1 heterocycles. The number of nitrogens with one attached hydrogen (secondary N) is 1. The molecule has 1 amide bonds. The Bertz CT molecular complexity index is 1100. The van der Waals surface area contributed by atoms with Crippen molar-refractivity contribution in [2.75, 3.05) is 31.7 Å². The standard InChI is InChI=1S/C22H26N2O7S/c1-4-11-23-32(27,28)16-9-10-18(15(2)12-16)30-14-21(25)24-13-20(22(26)29-3)31-19-8-6-5-7-17(19)24/h5-10,12,20,23H,4,11,13-14H2,1-3H3/t20-/m0/s1. The fourth-order valence-corrected chi connectivity index (χ4v) is 4.43. The van der Waals surface area contributed by atoms with Gasteiger partial charge in [-0.1, -0.05) is 19.1 Å². The highest BCUT2D eigenvalue weighted by Gasteiger charge is 2.34. The Hall–Kier alpha value is -3.11. The van der Waals surface area contributed by atoms with Gasteiger partial charge in [0.1, 0.15) is 11.5 Å². The number of amides is 1. The molecule has 9 nitrogen and oxygen atoms in total. The van der Waals surface area contributed by atoms with Gasteiger partial charge in [0.05, 0.1) is 24.2 Å². The Balaban J connectivity index is 1.73. The summed E-state index contributed by atoms with van der Waals surface area (Å²) in [6.07, 6.45) is -0.260. The number of hydrogen-bond acceptors (Lipinski definition) is 7. The number of fused-ring (bicyclic) bond motifs is 1. The zero-order valence-electron chi connectivity index (χ0n) is 18.2. The molecule has 10 heteroatoms. The fourth-order valence-electron chi connectivity index (χ4n) is 3.21. The van der Waals surface area contributed by atoms with E-state index in [0.29, 0.717) is 35.7 Å². The number of aryl methyl sites for hydroxylation is 1. The van der Waals surface area contributed by atoms with E-state index in [1.54, 1.807) is 31.2 Å². The highest BCUT2D eigenvalue weighted by atomic mass is 32.2. The van der Waals surface area contributed by atoms with E-state index in [1.165, 1.54) is 30.2 Å². The average Bonchev–Trinajstić information content (AvgIpc) is 2.80. The Morgan fingerprint density at radius 2 is 1.97 bits per heavy atom. The number of hydrogen-bond donors (Lipinski definition) is 1. The van der Waals surface area contributed by atoms with Crippen LogP contribution < -0.4 is 19.1 Å². The molecule has 0 aliphatic carbocycles.